The predicted octanol–water partition coefficient (Wildman–Crippen LogP) is 4.07. The molecule has 2 bridgehead atoms. The molecule has 188 valence electrons. The van der Waals surface area contributed by atoms with Crippen LogP contribution in [0.25, 0.3) is 10.9 Å². The van der Waals surface area contributed by atoms with Gasteiger partial charge in [-0.05, 0) is 49.4 Å². The molecule has 3 heterocycles. The molecule has 0 radical (unpaired) electrons. The molecule has 0 aliphatic carbocycles. The Labute approximate surface area is 211 Å². The number of primary amides is 1. The molecule has 7 heteroatoms. The number of hydrogen-bond acceptors (Lipinski definition) is 3. The van der Waals surface area contributed by atoms with Gasteiger partial charge in [-0.2, -0.15) is 0 Å². The van der Waals surface area contributed by atoms with Gasteiger partial charge in [0.25, 0.3) is 11.8 Å². The first kappa shape index (κ1) is 24.1. The summed E-state index contributed by atoms with van der Waals surface area (Å²) in [6.07, 6.45) is 0.772. The minimum absolute atomic E-state index is 0.0102. The van der Waals surface area contributed by atoms with Crippen molar-refractivity contribution in [3.05, 3.63) is 70.9 Å². The highest BCUT2D eigenvalue weighted by atomic mass is 16.2. The van der Waals surface area contributed by atoms with Crippen LogP contribution >= 0.6 is 0 Å². The van der Waals surface area contributed by atoms with E-state index >= 15 is 0 Å². The second-order valence-corrected chi connectivity index (χ2v) is 11.4. The molecule has 2 aromatic carbocycles. The Balaban J connectivity index is 1.46. The van der Waals surface area contributed by atoms with E-state index in [0.717, 1.165) is 34.0 Å². The SMILES string of the molecule is Cc1ccc(C)c(C(=O)N2C[C@@H]3C[C@H]2CN3C(=O)[C@@H](n2c(C(N)=O)cc3ccccc32)C(C)(C)C)c1. The number of nitrogens with two attached hydrogens (primary N) is 1. The van der Waals surface area contributed by atoms with Crippen molar-refractivity contribution in [3.8, 4) is 0 Å². The molecular weight excluding hydrogens is 452 g/mol. The number of rotatable bonds is 4. The van der Waals surface area contributed by atoms with Gasteiger partial charge in [0.2, 0.25) is 5.91 Å². The van der Waals surface area contributed by atoms with E-state index in [1.54, 1.807) is 6.07 Å². The molecule has 1 aromatic heterocycles. The highest BCUT2D eigenvalue weighted by Gasteiger charge is 2.50. The van der Waals surface area contributed by atoms with Crippen LogP contribution in [-0.2, 0) is 4.79 Å². The molecule has 0 spiro atoms. The topological polar surface area (TPSA) is 88.6 Å². The molecule has 3 aromatic rings. The molecule has 0 unspecified atom stereocenters. The van der Waals surface area contributed by atoms with Gasteiger partial charge in [-0.25, -0.2) is 0 Å². The van der Waals surface area contributed by atoms with Crippen molar-refractivity contribution in [1.29, 1.82) is 0 Å². The molecule has 7 nitrogen and oxygen atoms in total. The van der Waals surface area contributed by atoms with Crippen molar-refractivity contribution >= 4 is 28.6 Å². The fraction of sp³-hybridized carbons (Fsp3) is 0.414. The molecule has 2 fully saturated rings. The van der Waals surface area contributed by atoms with Gasteiger partial charge in [0, 0.05) is 29.6 Å². The summed E-state index contributed by atoms with van der Waals surface area (Å²) in [5, 5.41) is 0.876. The lowest BCUT2D eigenvalue weighted by Gasteiger charge is -2.40. The van der Waals surface area contributed by atoms with Crippen molar-refractivity contribution in [1.82, 2.24) is 14.4 Å². The summed E-state index contributed by atoms with van der Waals surface area (Å²) >= 11 is 0. The summed E-state index contributed by atoms with van der Waals surface area (Å²) in [6.45, 7) is 11.0. The van der Waals surface area contributed by atoms with Crippen molar-refractivity contribution in [2.45, 2.75) is 59.2 Å². The zero-order valence-electron chi connectivity index (χ0n) is 21.6. The average Bonchev–Trinajstić information content (AvgIpc) is 3.52. The highest BCUT2D eigenvalue weighted by molar-refractivity contribution is 6.00. The summed E-state index contributed by atoms with van der Waals surface area (Å²) in [7, 11) is 0. The number of piperazine rings is 1. The second kappa shape index (κ2) is 8.50. The number of aryl methyl sites for hydroxylation is 2. The molecule has 36 heavy (non-hydrogen) atoms. The number of benzene rings is 2. The number of fused-ring (bicyclic) bond motifs is 3. The zero-order chi connectivity index (χ0) is 25.9. The van der Waals surface area contributed by atoms with Crippen LogP contribution in [0, 0.1) is 19.3 Å². The van der Waals surface area contributed by atoms with Crippen LogP contribution in [0.15, 0.2) is 48.5 Å². The van der Waals surface area contributed by atoms with Gasteiger partial charge in [0.15, 0.2) is 0 Å². The monoisotopic (exact) mass is 486 g/mol. The number of para-hydroxylation sites is 1. The second-order valence-electron chi connectivity index (χ2n) is 11.4. The van der Waals surface area contributed by atoms with Crippen LogP contribution < -0.4 is 5.73 Å². The maximum absolute atomic E-state index is 14.2. The molecule has 5 rings (SSSR count). The number of amides is 3. The summed E-state index contributed by atoms with van der Waals surface area (Å²) in [4.78, 5) is 43.9. The number of likely N-dealkylation sites (tertiary alicyclic amines) is 2. The summed E-state index contributed by atoms with van der Waals surface area (Å²) < 4.78 is 1.82. The van der Waals surface area contributed by atoms with Crippen molar-refractivity contribution in [2.24, 2.45) is 11.1 Å². The Kier molecular flexibility index (Phi) is 5.69. The molecule has 0 saturated carbocycles. The quantitative estimate of drug-likeness (QED) is 0.603. The zero-order valence-corrected chi connectivity index (χ0v) is 21.6. The third kappa shape index (κ3) is 3.87. The number of hydrogen-bond donors (Lipinski definition) is 1. The fourth-order valence-electron chi connectivity index (χ4n) is 5.98. The Morgan fingerprint density at radius 2 is 1.61 bits per heavy atom. The van der Waals surface area contributed by atoms with Crippen LogP contribution in [0.1, 0.15) is 65.2 Å². The minimum Gasteiger partial charge on any atom is -0.364 e. The van der Waals surface area contributed by atoms with Gasteiger partial charge in [-0.15, -0.1) is 0 Å². The van der Waals surface area contributed by atoms with E-state index in [9.17, 15) is 14.4 Å². The van der Waals surface area contributed by atoms with E-state index in [2.05, 4.69) is 0 Å². The van der Waals surface area contributed by atoms with Gasteiger partial charge in [-0.3, -0.25) is 14.4 Å². The number of aromatic nitrogens is 1. The standard InChI is InChI=1S/C29H34N4O3/c1-17-10-11-18(2)22(12-17)27(35)31-15-21-14-20(31)16-32(21)28(36)25(29(3,4)5)33-23-9-7-6-8-19(23)13-24(33)26(30)34/h6-13,20-21,25H,14-16H2,1-5H3,(H2,30,34)/t20-,21-,25+/m0/s1. The normalized spacial score (nSPS) is 20.2. The van der Waals surface area contributed by atoms with E-state index < -0.39 is 17.4 Å². The summed E-state index contributed by atoms with van der Waals surface area (Å²) in [5.41, 5.74) is 9.21. The smallest absolute Gasteiger partial charge is 0.265 e. The molecule has 3 atom stereocenters. The molecule has 2 saturated heterocycles. The summed E-state index contributed by atoms with van der Waals surface area (Å²) in [5.74, 6) is -0.547. The van der Waals surface area contributed by atoms with Crippen LogP contribution in [0.2, 0.25) is 0 Å². The first-order valence-corrected chi connectivity index (χ1v) is 12.6. The number of nitrogens with zero attached hydrogens (tertiary/aromatic N) is 3. The van der Waals surface area contributed by atoms with E-state index in [0.29, 0.717) is 18.8 Å². The Morgan fingerprint density at radius 3 is 2.25 bits per heavy atom. The molecular formula is C29H34N4O3. The van der Waals surface area contributed by atoms with Crippen LogP contribution in [-0.4, -0.2) is 57.3 Å². The van der Waals surface area contributed by atoms with Crippen LogP contribution in [0.4, 0.5) is 0 Å². The Hall–Kier alpha value is -3.61. The van der Waals surface area contributed by atoms with Crippen LogP contribution in [0.5, 0.6) is 0 Å². The average molecular weight is 487 g/mol. The predicted molar refractivity (Wildman–Crippen MR) is 140 cm³/mol. The summed E-state index contributed by atoms with van der Waals surface area (Å²) in [6, 6.07) is 14.7. The number of carbonyl (C=O) groups excluding carboxylic acids is 3. The lowest BCUT2D eigenvalue weighted by Crippen LogP contribution is -2.53. The van der Waals surface area contributed by atoms with E-state index in [4.69, 9.17) is 5.73 Å². The van der Waals surface area contributed by atoms with Crippen molar-refractivity contribution in [3.63, 3.8) is 0 Å². The molecule has 3 amide bonds. The van der Waals surface area contributed by atoms with Gasteiger partial charge in [-0.1, -0.05) is 56.7 Å². The van der Waals surface area contributed by atoms with Gasteiger partial charge < -0.3 is 20.1 Å². The van der Waals surface area contributed by atoms with Crippen molar-refractivity contribution in [2.75, 3.05) is 13.1 Å². The Morgan fingerprint density at radius 1 is 0.944 bits per heavy atom. The first-order valence-electron chi connectivity index (χ1n) is 12.6. The molecule has 2 aliphatic rings. The molecule has 2 N–H and O–H groups in total. The third-order valence-corrected chi connectivity index (χ3v) is 7.72. The van der Waals surface area contributed by atoms with Gasteiger partial charge in [0.05, 0.1) is 12.1 Å². The number of carbonyl (C=O) groups is 3. The molecule has 2 aliphatic heterocycles. The highest BCUT2D eigenvalue weighted by Crippen LogP contribution is 2.40. The maximum Gasteiger partial charge on any atom is 0.265 e. The lowest BCUT2D eigenvalue weighted by molar-refractivity contribution is -0.140. The third-order valence-electron chi connectivity index (χ3n) is 7.72. The minimum atomic E-state index is -0.609. The lowest BCUT2D eigenvalue weighted by atomic mass is 9.85. The Bertz CT molecular complexity index is 1380. The van der Waals surface area contributed by atoms with Crippen LogP contribution in [0.3, 0.4) is 0 Å². The largest absolute Gasteiger partial charge is 0.364 e. The fourth-order valence-corrected chi connectivity index (χ4v) is 5.98. The van der Waals surface area contributed by atoms with Gasteiger partial charge >= 0.3 is 0 Å². The van der Waals surface area contributed by atoms with E-state index in [-0.39, 0.29) is 23.9 Å². The maximum atomic E-state index is 14.2. The first-order chi connectivity index (χ1) is 17.0. The van der Waals surface area contributed by atoms with E-state index in [1.165, 1.54) is 0 Å². The van der Waals surface area contributed by atoms with E-state index in [1.807, 2.05) is 91.5 Å². The van der Waals surface area contributed by atoms with Crippen molar-refractivity contribution < 1.29 is 14.4 Å². The van der Waals surface area contributed by atoms with Gasteiger partial charge in [0.1, 0.15) is 11.7 Å².